The number of ether oxygens (including phenoxy) is 1. The Labute approximate surface area is 120 Å². The van der Waals surface area contributed by atoms with E-state index in [2.05, 4.69) is 10.6 Å². The predicted molar refractivity (Wildman–Crippen MR) is 78.8 cm³/mol. The summed E-state index contributed by atoms with van der Waals surface area (Å²) in [6.07, 6.45) is 0.811. The Morgan fingerprint density at radius 3 is 2.65 bits per heavy atom. The van der Waals surface area contributed by atoms with Crippen LogP contribution in [-0.2, 0) is 0 Å². The van der Waals surface area contributed by atoms with Crippen LogP contribution in [0.3, 0.4) is 0 Å². The Morgan fingerprint density at radius 1 is 1.30 bits per heavy atom. The summed E-state index contributed by atoms with van der Waals surface area (Å²) >= 11 is 0. The van der Waals surface area contributed by atoms with E-state index in [9.17, 15) is 9.90 Å². The van der Waals surface area contributed by atoms with Gasteiger partial charge < -0.3 is 20.5 Å². The zero-order valence-electron chi connectivity index (χ0n) is 12.1. The van der Waals surface area contributed by atoms with Gasteiger partial charge in [-0.15, -0.1) is 0 Å². The van der Waals surface area contributed by atoms with Crippen LogP contribution in [0, 0.1) is 0 Å². The average Bonchev–Trinajstić information content (AvgIpc) is 2.46. The van der Waals surface area contributed by atoms with Crippen LogP contribution < -0.4 is 15.4 Å². The van der Waals surface area contributed by atoms with Crippen LogP contribution in [0.4, 0.5) is 4.79 Å². The first-order valence-electron chi connectivity index (χ1n) is 7.03. The summed E-state index contributed by atoms with van der Waals surface area (Å²) in [4.78, 5) is 11.5. The normalized spacial score (nSPS) is 13.3. The van der Waals surface area contributed by atoms with Crippen molar-refractivity contribution in [1.82, 2.24) is 10.6 Å². The Bertz CT molecular complexity index is 384. The summed E-state index contributed by atoms with van der Waals surface area (Å²) < 4.78 is 5.64. The number of rotatable bonds is 8. The summed E-state index contributed by atoms with van der Waals surface area (Å²) in [5.41, 5.74) is 0. The minimum Gasteiger partial charge on any atom is -0.489 e. The molecule has 0 saturated carbocycles. The van der Waals surface area contributed by atoms with Gasteiger partial charge in [0, 0.05) is 6.54 Å². The molecule has 0 fully saturated rings. The third kappa shape index (κ3) is 6.99. The van der Waals surface area contributed by atoms with Gasteiger partial charge in [-0.3, -0.25) is 0 Å². The molecule has 0 bridgehead atoms. The summed E-state index contributed by atoms with van der Waals surface area (Å²) in [5.74, 6) is 0.785. The molecule has 0 heterocycles. The fourth-order valence-corrected chi connectivity index (χ4v) is 1.63. The number of carbonyl (C=O) groups excluding carboxylic acids is 1. The maximum absolute atomic E-state index is 11.5. The molecular weight excluding hydrogens is 256 g/mol. The van der Waals surface area contributed by atoms with E-state index in [0.29, 0.717) is 25.9 Å². The monoisotopic (exact) mass is 280 g/mol. The van der Waals surface area contributed by atoms with Crippen molar-refractivity contribution in [3.8, 4) is 5.75 Å². The summed E-state index contributed by atoms with van der Waals surface area (Å²) in [6.45, 7) is 4.70. The number of benzene rings is 1. The van der Waals surface area contributed by atoms with Crippen molar-refractivity contribution in [1.29, 1.82) is 0 Å². The number of aliphatic hydroxyl groups is 1. The van der Waals surface area contributed by atoms with Crippen molar-refractivity contribution in [3.63, 3.8) is 0 Å². The second-order valence-corrected chi connectivity index (χ2v) is 4.73. The highest BCUT2D eigenvalue weighted by atomic mass is 16.5. The second-order valence-electron chi connectivity index (χ2n) is 4.73. The van der Waals surface area contributed by atoms with E-state index in [1.165, 1.54) is 0 Å². The lowest BCUT2D eigenvalue weighted by molar-refractivity contribution is 0.159. The third-order valence-corrected chi connectivity index (χ3v) is 2.86. The molecule has 0 aromatic heterocycles. The van der Waals surface area contributed by atoms with Gasteiger partial charge in [0.1, 0.15) is 11.9 Å². The van der Waals surface area contributed by atoms with E-state index in [4.69, 9.17) is 4.74 Å². The van der Waals surface area contributed by atoms with Crippen LogP contribution in [0.15, 0.2) is 30.3 Å². The summed E-state index contributed by atoms with van der Waals surface area (Å²) in [6, 6.07) is 9.25. The smallest absolute Gasteiger partial charge is 0.314 e. The summed E-state index contributed by atoms with van der Waals surface area (Å²) in [5, 5.41) is 14.8. The first-order chi connectivity index (χ1) is 9.61. The fourth-order valence-electron chi connectivity index (χ4n) is 1.63. The Kier molecular flexibility index (Phi) is 7.50. The van der Waals surface area contributed by atoms with Gasteiger partial charge in [0.25, 0.3) is 0 Å². The van der Waals surface area contributed by atoms with Crippen molar-refractivity contribution < 1.29 is 14.6 Å². The standard InChI is InChI=1S/C15H24N2O3/c1-3-13(18)9-10-16-15(19)17-11-12(2)20-14-7-5-4-6-8-14/h4-8,12-13,18H,3,9-11H2,1-2H3,(H2,16,17,19). The van der Waals surface area contributed by atoms with Crippen molar-refractivity contribution >= 4 is 6.03 Å². The Hall–Kier alpha value is -1.75. The van der Waals surface area contributed by atoms with E-state index in [1.54, 1.807) is 0 Å². The van der Waals surface area contributed by atoms with Crippen molar-refractivity contribution in [3.05, 3.63) is 30.3 Å². The lowest BCUT2D eigenvalue weighted by atomic mass is 10.2. The number of hydrogen-bond donors (Lipinski definition) is 3. The van der Waals surface area contributed by atoms with Crippen LogP contribution in [0.2, 0.25) is 0 Å². The molecule has 20 heavy (non-hydrogen) atoms. The number of amides is 2. The quantitative estimate of drug-likeness (QED) is 0.681. The van der Waals surface area contributed by atoms with E-state index >= 15 is 0 Å². The molecule has 2 amide bonds. The lowest BCUT2D eigenvalue weighted by Crippen LogP contribution is -2.41. The minimum absolute atomic E-state index is 0.107. The van der Waals surface area contributed by atoms with E-state index in [-0.39, 0.29) is 18.2 Å². The molecule has 5 heteroatoms. The van der Waals surface area contributed by atoms with Gasteiger partial charge in [-0.2, -0.15) is 0 Å². The average molecular weight is 280 g/mol. The Morgan fingerprint density at radius 2 is 2.00 bits per heavy atom. The molecule has 1 rings (SSSR count). The Balaban J connectivity index is 2.14. The minimum atomic E-state index is -0.351. The molecule has 0 radical (unpaired) electrons. The molecule has 3 N–H and O–H groups in total. The number of nitrogens with one attached hydrogen (secondary N) is 2. The third-order valence-electron chi connectivity index (χ3n) is 2.86. The maximum Gasteiger partial charge on any atom is 0.314 e. The van der Waals surface area contributed by atoms with Gasteiger partial charge in [-0.25, -0.2) is 4.79 Å². The number of para-hydroxylation sites is 1. The molecule has 1 aromatic carbocycles. The largest absolute Gasteiger partial charge is 0.489 e. The molecular formula is C15H24N2O3. The topological polar surface area (TPSA) is 70.6 Å². The lowest BCUT2D eigenvalue weighted by Gasteiger charge is -2.16. The van der Waals surface area contributed by atoms with E-state index in [1.807, 2.05) is 44.2 Å². The van der Waals surface area contributed by atoms with Gasteiger partial charge in [0.2, 0.25) is 0 Å². The number of carbonyl (C=O) groups is 1. The first kappa shape index (κ1) is 16.3. The molecule has 112 valence electrons. The molecule has 2 atom stereocenters. The molecule has 0 aliphatic heterocycles. The van der Waals surface area contributed by atoms with Crippen molar-refractivity contribution in [2.45, 2.75) is 38.9 Å². The van der Waals surface area contributed by atoms with Crippen LogP contribution in [-0.4, -0.2) is 36.4 Å². The predicted octanol–water partition coefficient (Wildman–Crippen LogP) is 1.91. The van der Waals surface area contributed by atoms with E-state index in [0.717, 1.165) is 5.75 Å². The van der Waals surface area contributed by atoms with Crippen molar-refractivity contribution in [2.75, 3.05) is 13.1 Å². The van der Waals surface area contributed by atoms with Crippen LogP contribution in [0.5, 0.6) is 5.75 Å². The highest BCUT2D eigenvalue weighted by Gasteiger charge is 2.07. The molecule has 5 nitrogen and oxygen atoms in total. The van der Waals surface area contributed by atoms with Gasteiger partial charge >= 0.3 is 6.03 Å². The van der Waals surface area contributed by atoms with Gasteiger partial charge in [-0.05, 0) is 31.9 Å². The van der Waals surface area contributed by atoms with Crippen LogP contribution in [0.25, 0.3) is 0 Å². The molecule has 1 aromatic rings. The van der Waals surface area contributed by atoms with Crippen molar-refractivity contribution in [2.24, 2.45) is 0 Å². The second kappa shape index (κ2) is 9.20. The molecule has 0 spiro atoms. The van der Waals surface area contributed by atoms with Gasteiger partial charge in [-0.1, -0.05) is 25.1 Å². The zero-order valence-corrected chi connectivity index (χ0v) is 12.1. The molecule has 0 saturated heterocycles. The highest BCUT2D eigenvalue weighted by molar-refractivity contribution is 5.73. The van der Waals surface area contributed by atoms with E-state index < -0.39 is 0 Å². The molecule has 0 aliphatic rings. The van der Waals surface area contributed by atoms with Crippen LogP contribution >= 0.6 is 0 Å². The number of hydrogen-bond acceptors (Lipinski definition) is 3. The molecule has 0 aliphatic carbocycles. The SMILES string of the molecule is CCC(O)CCNC(=O)NCC(C)Oc1ccccc1. The molecule has 2 unspecified atom stereocenters. The fraction of sp³-hybridized carbons (Fsp3) is 0.533. The number of urea groups is 1. The highest BCUT2D eigenvalue weighted by Crippen LogP contribution is 2.10. The van der Waals surface area contributed by atoms with Crippen LogP contribution in [0.1, 0.15) is 26.7 Å². The maximum atomic E-state index is 11.5. The van der Waals surface area contributed by atoms with Gasteiger partial charge in [0.05, 0.1) is 12.6 Å². The first-order valence-corrected chi connectivity index (χ1v) is 7.03. The number of aliphatic hydroxyl groups excluding tert-OH is 1. The zero-order chi connectivity index (χ0) is 14.8. The summed E-state index contributed by atoms with van der Waals surface area (Å²) in [7, 11) is 0. The van der Waals surface area contributed by atoms with Gasteiger partial charge in [0.15, 0.2) is 0 Å².